The normalized spacial score (nSPS) is 16.0. The van der Waals surface area contributed by atoms with Crippen molar-refractivity contribution in [2.75, 3.05) is 13.1 Å². The number of piperidine rings is 1. The largest absolute Gasteiger partial charge is 0.353 e. The molecule has 0 atom stereocenters. The Bertz CT molecular complexity index is 477. The predicted octanol–water partition coefficient (Wildman–Crippen LogP) is 2.83. The van der Waals surface area contributed by atoms with Gasteiger partial charge in [-0.2, -0.15) is 0 Å². The smallest absolute Gasteiger partial charge is 0.222 e. The maximum absolute atomic E-state index is 12.0. The van der Waals surface area contributed by atoms with Gasteiger partial charge in [-0.05, 0) is 36.6 Å². The molecule has 2 rings (SSSR count). The number of amides is 2. The van der Waals surface area contributed by atoms with Gasteiger partial charge in [0.2, 0.25) is 11.8 Å². The van der Waals surface area contributed by atoms with E-state index in [9.17, 15) is 9.59 Å². The van der Waals surface area contributed by atoms with Crippen molar-refractivity contribution in [2.45, 2.75) is 52.0 Å². The molecule has 1 aromatic heterocycles. The molecule has 1 aliphatic rings. The van der Waals surface area contributed by atoms with Crippen LogP contribution in [0.2, 0.25) is 0 Å². The maximum Gasteiger partial charge on any atom is 0.222 e. The molecule has 2 amide bonds. The predicted molar refractivity (Wildman–Crippen MR) is 89.8 cm³/mol. The second kappa shape index (κ2) is 8.32. The molecule has 0 aromatic carbocycles. The second-order valence-electron chi connectivity index (χ2n) is 6.40. The standard InChI is InChI=1S/C17H26N2O2S/c1-13(2)12-17(21)19-9-7-14(8-10-19)18-16(20)6-5-15-4-3-11-22-15/h3-4,11,13-14H,5-10,12H2,1-2H3,(H,18,20). The van der Waals surface area contributed by atoms with E-state index in [0.29, 0.717) is 18.8 Å². The molecule has 0 unspecified atom stereocenters. The third-order valence-corrected chi connectivity index (χ3v) is 4.91. The number of aryl methyl sites for hydroxylation is 1. The highest BCUT2D eigenvalue weighted by Crippen LogP contribution is 2.14. The van der Waals surface area contributed by atoms with Gasteiger partial charge in [0.15, 0.2) is 0 Å². The highest BCUT2D eigenvalue weighted by Gasteiger charge is 2.23. The fourth-order valence-electron chi connectivity index (χ4n) is 2.74. The number of hydrogen-bond donors (Lipinski definition) is 1. The van der Waals surface area contributed by atoms with Crippen LogP contribution in [0, 0.1) is 5.92 Å². The zero-order valence-electron chi connectivity index (χ0n) is 13.5. The van der Waals surface area contributed by atoms with Crippen LogP contribution in [0.15, 0.2) is 17.5 Å². The first kappa shape index (κ1) is 17.0. The SMILES string of the molecule is CC(C)CC(=O)N1CCC(NC(=O)CCc2cccs2)CC1. The first-order valence-electron chi connectivity index (χ1n) is 8.14. The van der Waals surface area contributed by atoms with E-state index in [2.05, 4.69) is 25.2 Å². The fourth-order valence-corrected chi connectivity index (χ4v) is 3.45. The molecule has 1 aromatic rings. The third kappa shape index (κ3) is 5.44. The van der Waals surface area contributed by atoms with Crippen LogP contribution in [0.5, 0.6) is 0 Å². The number of carbonyl (C=O) groups is 2. The zero-order valence-corrected chi connectivity index (χ0v) is 14.3. The first-order chi connectivity index (χ1) is 10.5. The quantitative estimate of drug-likeness (QED) is 0.875. The molecule has 0 bridgehead atoms. The van der Waals surface area contributed by atoms with E-state index in [1.807, 2.05) is 16.3 Å². The van der Waals surface area contributed by atoms with Gasteiger partial charge in [0.1, 0.15) is 0 Å². The van der Waals surface area contributed by atoms with Crippen molar-refractivity contribution >= 4 is 23.2 Å². The van der Waals surface area contributed by atoms with Crippen molar-refractivity contribution in [1.82, 2.24) is 10.2 Å². The molecule has 1 N–H and O–H groups in total. The number of rotatable bonds is 6. The Labute approximate surface area is 136 Å². The molecular formula is C17H26N2O2S. The lowest BCUT2D eigenvalue weighted by atomic mass is 10.0. The van der Waals surface area contributed by atoms with E-state index < -0.39 is 0 Å². The Kier molecular flexibility index (Phi) is 6.43. The molecular weight excluding hydrogens is 296 g/mol. The van der Waals surface area contributed by atoms with Crippen LogP contribution in [0.25, 0.3) is 0 Å². The third-order valence-electron chi connectivity index (χ3n) is 3.97. The minimum absolute atomic E-state index is 0.125. The van der Waals surface area contributed by atoms with Gasteiger partial charge in [-0.15, -0.1) is 11.3 Å². The van der Waals surface area contributed by atoms with Gasteiger partial charge in [0.05, 0.1) is 0 Å². The lowest BCUT2D eigenvalue weighted by molar-refractivity contribution is -0.133. The van der Waals surface area contributed by atoms with Crippen LogP contribution in [0.4, 0.5) is 0 Å². The highest BCUT2D eigenvalue weighted by atomic mass is 32.1. The van der Waals surface area contributed by atoms with Gasteiger partial charge in [-0.25, -0.2) is 0 Å². The molecule has 0 saturated carbocycles. The molecule has 4 nitrogen and oxygen atoms in total. The second-order valence-corrected chi connectivity index (χ2v) is 7.43. The Hall–Kier alpha value is -1.36. The average Bonchev–Trinajstić information content (AvgIpc) is 2.98. The van der Waals surface area contributed by atoms with Crippen LogP contribution in [-0.2, 0) is 16.0 Å². The summed E-state index contributed by atoms with van der Waals surface area (Å²) < 4.78 is 0. The van der Waals surface area contributed by atoms with E-state index in [1.54, 1.807) is 11.3 Å². The number of nitrogens with one attached hydrogen (secondary N) is 1. The van der Waals surface area contributed by atoms with Gasteiger partial charge in [-0.1, -0.05) is 19.9 Å². The van der Waals surface area contributed by atoms with E-state index in [1.165, 1.54) is 4.88 Å². The van der Waals surface area contributed by atoms with Crippen molar-refractivity contribution in [3.63, 3.8) is 0 Å². The molecule has 22 heavy (non-hydrogen) atoms. The van der Waals surface area contributed by atoms with Gasteiger partial charge in [0.25, 0.3) is 0 Å². The summed E-state index contributed by atoms with van der Waals surface area (Å²) in [6.45, 7) is 5.67. The topological polar surface area (TPSA) is 49.4 Å². The lowest BCUT2D eigenvalue weighted by Gasteiger charge is -2.32. The van der Waals surface area contributed by atoms with Crippen molar-refractivity contribution in [2.24, 2.45) is 5.92 Å². The van der Waals surface area contributed by atoms with Gasteiger partial charge in [0, 0.05) is 36.9 Å². The van der Waals surface area contributed by atoms with E-state index in [4.69, 9.17) is 0 Å². The monoisotopic (exact) mass is 322 g/mol. The van der Waals surface area contributed by atoms with Crippen molar-refractivity contribution < 1.29 is 9.59 Å². The number of nitrogens with zero attached hydrogens (tertiary/aromatic N) is 1. The Balaban J connectivity index is 1.66. The highest BCUT2D eigenvalue weighted by molar-refractivity contribution is 7.09. The number of hydrogen-bond acceptors (Lipinski definition) is 3. The summed E-state index contributed by atoms with van der Waals surface area (Å²) in [6.07, 6.45) is 3.73. The van der Waals surface area contributed by atoms with Crippen LogP contribution < -0.4 is 5.32 Å². The van der Waals surface area contributed by atoms with Crippen molar-refractivity contribution in [1.29, 1.82) is 0 Å². The molecule has 2 heterocycles. The summed E-state index contributed by atoms with van der Waals surface area (Å²) in [6, 6.07) is 4.30. The van der Waals surface area contributed by atoms with Gasteiger partial charge in [-0.3, -0.25) is 9.59 Å². The molecule has 0 aliphatic carbocycles. The van der Waals surface area contributed by atoms with Crippen molar-refractivity contribution in [3.8, 4) is 0 Å². The molecule has 122 valence electrons. The first-order valence-corrected chi connectivity index (χ1v) is 9.02. The Morgan fingerprint density at radius 2 is 2.09 bits per heavy atom. The average molecular weight is 322 g/mol. The Morgan fingerprint density at radius 3 is 2.68 bits per heavy atom. The van der Waals surface area contributed by atoms with Gasteiger partial charge >= 0.3 is 0 Å². The molecule has 1 saturated heterocycles. The van der Waals surface area contributed by atoms with E-state index >= 15 is 0 Å². The van der Waals surface area contributed by atoms with E-state index in [-0.39, 0.29) is 17.9 Å². The maximum atomic E-state index is 12.0. The van der Waals surface area contributed by atoms with Crippen LogP contribution in [-0.4, -0.2) is 35.8 Å². The zero-order chi connectivity index (χ0) is 15.9. The fraction of sp³-hybridized carbons (Fsp3) is 0.647. The molecule has 5 heteroatoms. The minimum Gasteiger partial charge on any atom is -0.353 e. The molecule has 1 aliphatic heterocycles. The summed E-state index contributed by atoms with van der Waals surface area (Å²) >= 11 is 1.70. The minimum atomic E-state index is 0.125. The summed E-state index contributed by atoms with van der Waals surface area (Å²) in [7, 11) is 0. The van der Waals surface area contributed by atoms with Gasteiger partial charge < -0.3 is 10.2 Å². The number of thiophene rings is 1. The summed E-state index contributed by atoms with van der Waals surface area (Å²) in [4.78, 5) is 27.2. The molecule has 0 radical (unpaired) electrons. The Morgan fingerprint density at radius 1 is 1.36 bits per heavy atom. The summed E-state index contributed by atoms with van der Waals surface area (Å²) in [5, 5.41) is 5.15. The van der Waals surface area contributed by atoms with Crippen molar-refractivity contribution in [3.05, 3.63) is 22.4 Å². The summed E-state index contributed by atoms with van der Waals surface area (Å²) in [5.41, 5.74) is 0. The number of likely N-dealkylation sites (tertiary alicyclic amines) is 1. The lowest BCUT2D eigenvalue weighted by Crippen LogP contribution is -2.46. The summed E-state index contributed by atoms with van der Waals surface area (Å²) in [5.74, 6) is 0.778. The molecule has 0 spiro atoms. The van der Waals surface area contributed by atoms with Crippen LogP contribution in [0.3, 0.4) is 0 Å². The number of carbonyl (C=O) groups excluding carboxylic acids is 2. The van der Waals surface area contributed by atoms with E-state index in [0.717, 1.165) is 32.4 Å². The van der Waals surface area contributed by atoms with Crippen LogP contribution >= 0.6 is 11.3 Å². The molecule has 1 fully saturated rings. The van der Waals surface area contributed by atoms with Crippen LogP contribution in [0.1, 0.15) is 44.4 Å².